The van der Waals surface area contributed by atoms with E-state index in [0.29, 0.717) is 6.04 Å². The fourth-order valence-corrected chi connectivity index (χ4v) is 2.71. The minimum Gasteiger partial charge on any atom is -0.468 e. The maximum atomic E-state index is 11.6. The maximum Gasteiger partial charge on any atom is 0.326 e. The molecule has 3 heteroatoms. The lowest BCUT2D eigenvalue weighted by Gasteiger charge is -2.44. The summed E-state index contributed by atoms with van der Waals surface area (Å²) in [5, 5.41) is 3.44. The Morgan fingerprint density at radius 3 is 2.54 bits per heavy atom. The summed E-state index contributed by atoms with van der Waals surface area (Å²) in [7, 11) is 1.48. The summed E-state index contributed by atoms with van der Waals surface area (Å²) in [5.74, 6) is -0.0584. The van der Waals surface area contributed by atoms with Gasteiger partial charge in [-0.1, -0.05) is 0 Å². The van der Waals surface area contributed by atoms with Gasteiger partial charge >= 0.3 is 5.97 Å². The molecular weight excluding hydrogens is 166 g/mol. The van der Waals surface area contributed by atoms with E-state index < -0.39 is 0 Å². The molecule has 2 heterocycles. The molecule has 2 saturated heterocycles. The van der Waals surface area contributed by atoms with Gasteiger partial charge in [-0.3, -0.25) is 10.1 Å². The van der Waals surface area contributed by atoms with Gasteiger partial charge in [-0.25, -0.2) is 0 Å². The van der Waals surface area contributed by atoms with Gasteiger partial charge in [0.15, 0.2) is 0 Å². The Hall–Kier alpha value is -0.570. The SMILES string of the molecule is COC(=O)C12CCCC(CCC1)N2. The molecule has 3 nitrogen and oxygen atoms in total. The molecule has 0 amide bonds. The van der Waals surface area contributed by atoms with Crippen LogP contribution in [0.25, 0.3) is 0 Å². The van der Waals surface area contributed by atoms with Gasteiger partial charge in [-0.15, -0.1) is 0 Å². The van der Waals surface area contributed by atoms with Crippen molar-refractivity contribution < 1.29 is 9.53 Å². The van der Waals surface area contributed by atoms with E-state index in [-0.39, 0.29) is 11.5 Å². The van der Waals surface area contributed by atoms with Crippen LogP contribution in [0.15, 0.2) is 0 Å². The third-order valence-electron chi connectivity index (χ3n) is 3.37. The van der Waals surface area contributed by atoms with E-state index in [1.54, 1.807) is 0 Å². The number of hydrogen-bond acceptors (Lipinski definition) is 3. The topological polar surface area (TPSA) is 38.3 Å². The highest BCUT2D eigenvalue weighted by Gasteiger charge is 2.45. The predicted molar refractivity (Wildman–Crippen MR) is 49.4 cm³/mol. The minimum absolute atomic E-state index is 0.0584. The van der Waals surface area contributed by atoms with Crippen LogP contribution in [-0.2, 0) is 9.53 Å². The molecule has 0 aromatic carbocycles. The smallest absolute Gasteiger partial charge is 0.326 e. The molecule has 0 radical (unpaired) electrons. The van der Waals surface area contributed by atoms with Crippen molar-refractivity contribution in [1.82, 2.24) is 5.32 Å². The molecule has 0 aliphatic carbocycles. The van der Waals surface area contributed by atoms with Crippen molar-refractivity contribution >= 4 is 5.97 Å². The van der Waals surface area contributed by atoms with Crippen LogP contribution in [0, 0.1) is 0 Å². The van der Waals surface area contributed by atoms with Crippen LogP contribution < -0.4 is 5.32 Å². The molecular formula is C10H17NO2. The molecule has 0 unspecified atom stereocenters. The Labute approximate surface area is 78.8 Å². The van der Waals surface area contributed by atoms with Gasteiger partial charge in [-0.05, 0) is 38.5 Å². The number of esters is 1. The fraction of sp³-hybridized carbons (Fsp3) is 0.900. The van der Waals surface area contributed by atoms with Crippen molar-refractivity contribution in [3.8, 4) is 0 Å². The Morgan fingerprint density at radius 2 is 2.00 bits per heavy atom. The maximum absolute atomic E-state index is 11.6. The number of methoxy groups -OCH3 is 1. The summed E-state index contributed by atoms with van der Waals surface area (Å²) < 4.78 is 4.86. The highest BCUT2D eigenvalue weighted by atomic mass is 16.5. The molecule has 1 N–H and O–H groups in total. The van der Waals surface area contributed by atoms with Crippen molar-refractivity contribution in [2.75, 3.05) is 7.11 Å². The second-order valence-corrected chi connectivity index (χ2v) is 4.20. The number of rotatable bonds is 1. The summed E-state index contributed by atoms with van der Waals surface area (Å²) in [5.41, 5.74) is -0.323. The number of carbonyl (C=O) groups excluding carboxylic acids is 1. The predicted octanol–water partition coefficient (Wildman–Crippen LogP) is 1.22. The number of carbonyl (C=O) groups is 1. The van der Waals surface area contributed by atoms with Gasteiger partial charge in [0, 0.05) is 6.04 Å². The summed E-state index contributed by atoms with van der Waals surface area (Å²) in [6.07, 6.45) is 6.67. The van der Waals surface area contributed by atoms with E-state index in [9.17, 15) is 4.79 Å². The van der Waals surface area contributed by atoms with Gasteiger partial charge in [0.25, 0.3) is 0 Å². The Bertz CT molecular complexity index is 205. The second kappa shape index (κ2) is 3.29. The standard InChI is InChI=1S/C10H17NO2/c1-13-9(12)10-6-2-4-8(11-10)5-3-7-10/h8,11H,2-7H2,1H3. The Morgan fingerprint density at radius 1 is 1.38 bits per heavy atom. The van der Waals surface area contributed by atoms with Crippen molar-refractivity contribution in [3.63, 3.8) is 0 Å². The zero-order chi connectivity index (χ0) is 9.31. The van der Waals surface area contributed by atoms with E-state index in [1.807, 2.05) is 0 Å². The largest absolute Gasteiger partial charge is 0.468 e. The highest BCUT2D eigenvalue weighted by Crippen LogP contribution is 2.34. The van der Waals surface area contributed by atoms with Crippen LogP contribution in [0.5, 0.6) is 0 Å². The molecule has 2 aliphatic heterocycles. The molecule has 2 fully saturated rings. The first-order valence-electron chi connectivity index (χ1n) is 5.13. The van der Waals surface area contributed by atoms with Crippen LogP contribution in [0.3, 0.4) is 0 Å². The molecule has 0 saturated carbocycles. The van der Waals surface area contributed by atoms with Crippen LogP contribution >= 0.6 is 0 Å². The number of piperidine rings is 2. The Kier molecular flexibility index (Phi) is 2.28. The van der Waals surface area contributed by atoms with Gasteiger partial charge in [0.2, 0.25) is 0 Å². The molecule has 0 aromatic heterocycles. The van der Waals surface area contributed by atoms with E-state index in [0.717, 1.165) is 25.7 Å². The number of hydrogen-bond donors (Lipinski definition) is 1. The molecule has 0 atom stereocenters. The first-order valence-corrected chi connectivity index (χ1v) is 5.13. The first-order chi connectivity index (χ1) is 6.27. The van der Waals surface area contributed by atoms with Gasteiger partial charge in [0.1, 0.15) is 5.54 Å². The number of nitrogens with one attached hydrogen (secondary N) is 1. The summed E-state index contributed by atoms with van der Waals surface area (Å²) in [6.45, 7) is 0. The van der Waals surface area contributed by atoms with Crippen molar-refractivity contribution in [2.24, 2.45) is 0 Å². The van der Waals surface area contributed by atoms with Crippen LogP contribution in [0.1, 0.15) is 38.5 Å². The van der Waals surface area contributed by atoms with Crippen LogP contribution in [0.4, 0.5) is 0 Å². The first kappa shape index (κ1) is 9.00. The third kappa shape index (κ3) is 1.46. The lowest BCUT2D eigenvalue weighted by Crippen LogP contribution is -2.61. The molecule has 74 valence electrons. The fourth-order valence-electron chi connectivity index (χ4n) is 2.71. The zero-order valence-electron chi connectivity index (χ0n) is 8.14. The van der Waals surface area contributed by atoms with E-state index in [1.165, 1.54) is 20.0 Å². The quantitative estimate of drug-likeness (QED) is 0.621. The molecule has 2 bridgehead atoms. The third-order valence-corrected chi connectivity index (χ3v) is 3.37. The Balaban J connectivity index is 2.14. The molecule has 0 aromatic rings. The van der Waals surface area contributed by atoms with E-state index in [4.69, 9.17) is 4.74 Å². The van der Waals surface area contributed by atoms with E-state index >= 15 is 0 Å². The van der Waals surface area contributed by atoms with Gasteiger partial charge in [0.05, 0.1) is 7.11 Å². The molecule has 0 spiro atoms. The lowest BCUT2D eigenvalue weighted by atomic mass is 9.76. The van der Waals surface area contributed by atoms with Crippen molar-refractivity contribution in [1.29, 1.82) is 0 Å². The van der Waals surface area contributed by atoms with Crippen molar-refractivity contribution in [2.45, 2.75) is 50.1 Å². The summed E-state index contributed by atoms with van der Waals surface area (Å²) in [4.78, 5) is 11.6. The van der Waals surface area contributed by atoms with E-state index in [2.05, 4.69) is 5.32 Å². The minimum atomic E-state index is -0.323. The average Bonchev–Trinajstić information content (AvgIpc) is 2.17. The monoisotopic (exact) mass is 183 g/mol. The van der Waals surface area contributed by atoms with Crippen molar-refractivity contribution in [3.05, 3.63) is 0 Å². The van der Waals surface area contributed by atoms with Gasteiger partial charge in [-0.2, -0.15) is 0 Å². The highest BCUT2D eigenvalue weighted by molar-refractivity contribution is 5.81. The number of fused-ring (bicyclic) bond motifs is 2. The molecule has 2 aliphatic rings. The summed E-state index contributed by atoms with van der Waals surface area (Å²) in [6, 6.07) is 0.557. The normalized spacial score (nSPS) is 38.4. The second-order valence-electron chi connectivity index (χ2n) is 4.20. The number of ether oxygens (including phenoxy) is 1. The lowest BCUT2D eigenvalue weighted by molar-refractivity contribution is -0.152. The van der Waals surface area contributed by atoms with Crippen LogP contribution in [-0.4, -0.2) is 24.7 Å². The van der Waals surface area contributed by atoms with Gasteiger partial charge < -0.3 is 4.74 Å². The molecule has 2 rings (SSSR count). The van der Waals surface area contributed by atoms with Crippen LogP contribution in [0.2, 0.25) is 0 Å². The zero-order valence-corrected chi connectivity index (χ0v) is 8.14. The molecule has 13 heavy (non-hydrogen) atoms. The average molecular weight is 183 g/mol. The summed E-state index contributed by atoms with van der Waals surface area (Å²) >= 11 is 0.